The molecule has 1 aromatic carbocycles. The molecule has 0 bridgehead atoms. The fourth-order valence-electron chi connectivity index (χ4n) is 2.41. The Kier molecular flexibility index (Phi) is 4.28. The molecule has 0 fully saturated rings. The maximum Gasteiger partial charge on any atom is 0.305 e. The van der Waals surface area contributed by atoms with Crippen molar-refractivity contribution in [1.82, 2.24) is 9.78 Å². The normalized spacial score (nSPS) is 10.8. The Morgan fingerprint density at radius 3 is 2.65 bits per heavy atom. The summed E-state index contributed by atoms with van der Waals surface area (Å²) in [7, 11) is 0. The third-order valence-electron chi connectivity index (χ3n) is 3.38. The number of hydrogen-bond acceptors (Lipinski definition) is 2. The molecule has 0 aliphatic heterocycles. The van der Waals surface area contributed by atoms with Gasteiger partial charge in [-0.2, -0.15) is 5.10 Å². The summed E-state index contributed by atoms with van der Waals surface area (Å²) < 4.78 is 2.83. The van der Waals surface area contributed by atoms with Crippen LogP contribution in [0.4, 0.5) is 0 Å². The average Bonchev–Trinajstić information content (AvgIpc) is 2.63. The molecule has 0 saturated carbocycles. The van der Waals surface area contributed by atoms with E-state index in [0.29, 0.717) is 6.54 Å². The van der Waals surface area contributed by atoms with E-state index in [1.807, 2.05) is 19.9 Å². The number of aliphatic carboxylic acids is 1. The number of carbonyl (C=O) groups is 1. The third kappa shape index (κ3) is 2.93. The fraction of sp³-hybridized carbons (Fsp3) is 0.333. The number of benzene rings is 1. The second-order valence-corrected chi connectivity index (χ2v) is 5.79. The molecule has 0 spiro atoms. The topological polar surface area (TPSA) is 55.1 Å². The molecule has 0 saturated heterocycles. The first-order valence-electron chi connectivity index (χ1n) is 6.42. The highest BCUT2D eigenvalue weighted by Gasteiger charge is 2.15. The van der Waals surface area contributed by atoms with Crippen molar-refractivity contribution in [1.29, 1.82) is 0 Å². The van der Waals surface area contributed by atoms with Crippen LogP contribution in [0, 0.1) is 20.8 Å². The number of nitrogens with zero attached hydrogens (tertiary/aromatic N) is 2. The van der Waals surface area contributed by atoms with Crippen molar-refractivity contribution in [2.45, 2.75) is 33.7 Å². The number of aromatic nitrogens is 2. The van der Waals surface area contributed by atoms with Gasteiger partial charge in [0.15, 0.2) is 0 Å². The van der Waals surface area contributed by atoms with Crippen LogP contribution in [0.15, 0.2) is 22.7 Å². The maximum absolute atomic E-state index is 10.7. The van der Waals surface area contributed by atoms with Gasteiger partial charge in [-0.15, -0.1) is 0 Å². The van der Waals surface area contributed by atoms with Crippen LogP contribution < -0.4 is 0 Å². The lowest BCUT2D eigenvalue weighted by molar-refractivity contribution is -0.137. The number of aryl methyl sites for hydroxylation is 3. The summed E-state index contributed by atoms with van der Waals surface area (Å²) in [6.45, 7) is 6.41. The number of carboxylic acid groups (broad SMARTS) is 1. The highest BCUT2D eigenvalue weighted by molar-refractivity contribution is 9.10. The van der Waals surface area contributed by atoms with Gasteiger partial charge in [-0.05, 0) is 44.0 Å². The molecule has 4 nitrogen and oxygen atoms in total. The van der Waals surface area contributed by atoms with E-state index in [9.17, 15) is 4.79 Å². The van der Waals surface area contributed by atoms with E-state index >= 15 is 0 Å². The molecule has 20 heavy (non-hydrogen) atoms. The van der Waals surface area contributed by atoms with Gasteiger partial charge in [0.05, 0.1) is 18.7 Å². The Balaban J connectivity index is 2.44. The number of hydrogen-bond donors (Lipinski definition) is 1. The number of carboxylic acids is 1. The summed E-state index contributed by atoms with van der Waals surface area (Å²) in [5, 5.41) is 13.3. The molecule has 0 aliphatic carbocycles. The smallest absolute Gasteiger partial charge is 0.305 e. The molecule has 0 unspecified atom stereocenters. The predicted octanol–water partition coefficient (Wildman–Crippen LogP) is 3.71. The highest BCUT2D eigenvalue weighted by Crippen LogP contribution is 2.31. The fourth-order valence-corrected chi connectivity index (χ4v) is 2.89. The lowest BCUT2D eigenvalue weighted by Gasteiger charge is -2.08. The minimum atomic E-state index is -0.807. The Hall–Kier alpha value is -1.62. The molecule has 1 heterocycles. The van der Waals surface area contributed by atoms with Crippen molar-refractivity contribution in [2.24, 2.45) is 0 Å². The monoisotopic (exact) mass is 336 g/mol. The Labute approximate surface area is 126 Å². The summed E-state index contributed by atoms with van der Waals surface area (Å²) in [5.41, 5.74) is 5.35. The van der Waals surface area contributed by atoms with Crippen LogP contribution in [0.5, 0.6) is 0 Å². The van der Waals surface area contributed by atoms with Crippen molar-refractivity contribution in [2.75, 3.05) is 0 Å². The van der Waals surface area contributed by atoms with Crippen LogP contribution in [-0.2, 0) is 11.3 Å². The van der Waals surface area contributed by atoms with Crippen molar-refractivity contribution >= 4 is 21.9 Å². The average molecular weight is 337 g/mol. The molecule has 0 radical (unpaired) electrons. The van der Waals surface area contributed by atoms with E-state index in [0.717, 1.165) is 27.0 Å². The Morgan fingerprint density at radius 1 is 1.35 bits per heavy atom. The minimum Gasteiger partial charge on any atom is -0.481 e. The zero-order chi connectivity index (χ0) is 14.9. The van der Waals surface area contributed by atoms with Crippen LogP contribution >= 0.6 is 15.9 Å². The molecular formula is C15H17BrN2O2. The summed E-state index contributed by atoms with van der Waals surface area (Å²) >= 11 is 3.47. The lowest BCUT2D eigenvalue weighted by Crippen LogP contribution is -2.07. The van der Waals surface area contributed by atoms with Crippen LogP contribution in [0.3, 0.4) is 0 Å². The Morgan fingerprint density at radius 2 is 2.05 bits per heavy atom. The van der Waals surface area contributed by atoms with Gasteiger partial charge >= 0.3 is 5.97 Å². The van der Waals surface area contributed by atoms with E-state index in [2.05, 4.69) is 40.1 Å². The van der Waals surface area contributed by atoms with Crippen molar-refractivity contribution < 1.29 is 9.90 Å². The van der Waals surface area contributed by atoms with Gasteiger partial charge < -0.3 is 5.11 Å². The molecule has 106 valence electrons. The third-order valence-corrected chi connectivity index (χ3v) is 3.87. The van der Waals surface area contributed by atoms with Crippen molar-refractivity contribution in [3.63, 3.8) is 0 Å². The van der Waals surface area contributed by atoms with Gasteiger partial charge in [-0.3, -0.25) is 9.48 Å². The number of rotatable bonds is 4. The van der Waals surface area contributed by atoms with Crippen LogP contribution in [0.25, 0.3) is 11.1 Å². The highest BCUT2D eigenvalue weighted by atomic mass is 79.9. The molecule has 1 N–H and O–H groups in total. The molecule has 0 atom stereocenters. The molecule has 2 aromatic rings. The molecule has 1 aromatic heterocycles. The molecule has 0 amide bonds. The summed E-state index contributed by atoms with van der Waals surface area (Å²) in [6.07, 6.45) is 0.0840. The van der Waals surface area contributed by atoms with E-state index in [1.165, 1.54) is 5.56 Å². The van der Waals surface area contributed by atoms with E-state index in [-0.39, 0.29) is 6.42 Å². The number of halogens is 1. The first-order chi connectivity index (χ1) is 9.40. The van der Waals surface area contributed by atoms with Gasteiger partial charge in [0.25, 0.3) is 0 Å². The van der Waals surface area contributed by atoms with Crippen LogP contribution in [-0.4, -0.2) is 20.9 Å². The van der Waals surface area contributed by atoms with Gasteiger partial charge in [0.2, 0.25) is 0 Å². The van der Waals surface area contributed by atoms with Crippen LogP contribution in [0.2, 0.25) is 0 Å². The zero-order valence-corrected chi connectivity index (χ0v) is 13.4. The lowest BCUT2D eigenvalue weighted by atomic mass is 9.99. The first-order valence-corrected chi connectivity index (χ1v) is 7.21. The molecular weight excluding hydrogens is 320 g/mol. The van der Waals surface area contributed by atoms with Crippen molar-refractivity contribution in [3.05, 3.63) is 39.6 Å². The standard InChI is InChI=1S/C15H17BrN2O2/c1-9-8-12(16)4-5-13(9)15-10(2)17-18(11(15)3)7-6-14(19)20/h4-5,8H,6-7H2,1-3H3,(H,19,20). The predicted molar refractivity (Wildman–Crippen MR) is 81.8 cm³/mol. The molecule has 0 aliphatic rings. The Bertz CT molecular complexity index is 662. The summed E-state index contributed by atoms with van der Waals surface area (Å²) in [5.74, 6) is -0.807. The van der Waals surface area contributed by atoms with Gasteiger partial charge in [0.1, 0.15) is 0 Å². The summed E-state index contributed by atoms with van der Waals surface area (Å²) in [6, 6.07) is 6.15. The zero-order valence-electron chi connectivity index (χ0n) is 11.8. The maximum atomic E-state index is 10.7. The molecule has 2 rings (SSSR count). The largest absolute Gasteiger partial charge is 0.481 e. The van der Waals surface area contributed by atoms with E-state index in [4.69, 9.17) is 5.11 Å². The van der Waals surface area contributed by atoms with E-state index in [1.54, 1.807) is 4.68 Å². The second kappa shape index (κ2) is 5.79. The SMILES string of the molecule is Cc1cc(Br)ccc1-c1c(C)nn(CCC(=O)O)c1C. The van der Waals surface area contributed by atoms with Gasteiger partial charge in [-0.1, -0.05) is 22.0 Å². The van der Waals surface area contributed by atoms with E-state index < -0.39 is 5.97 Å². The van der Waals surface area contributed by atoms with Gasteiger partial charge in [-0.25, -0.2) is 0 Å². The summed E-state index contributed by atoms with van der Waals surface area (Å²) in [4.78, 5) is 10.7. The molecule has 5 heteroatoms. The minimum absolute atomic E-state index is 0.0840. The quantitative estimate of drug-likeness (QED) is 0.925. The van der Waals surface area contributed by atoms with Crippen molar-refractivity contribution in [3.8, 4) is 11.1 Å². The van der Waals surface area contributed by atoms with Gasteiger partial charge in [0, 0.05) is 15.7 Å². The van der Waals surface area contributed by atoms with Crippen LogP contribution in [0.1, 0.15) is 23.4 Å². The second-order valence-electron chi connectivity index (χ2n) is 4.87. The first kappa shape index (κ1) is 14.8.